The Labute approximate surface area is 91.7 Å². The molecule has 0 amide bonds. The normalized spacial score (nSPS) is 10.1. The number of benzene rings is 1. The highest BCUT2D eigenvalue weighted by Crippen LogP contribution is 2.26. The van der Waals surface area contributed by atoms with E-state index in [0.29, 0.717) is 16.3 Å². The van der Waals surface area contributed by atoms with Crippen LogP contribution in [0.4, 0.5) is 14.5 Å². The van der Waals surface area contributed by atoms with Crippen molar-refractivity contribution in [3.8, 4) is 6.07 Å². The summed E-state index contributed by atoms with van der Waals surface area (Å²) >= 11 is 5.85. The predicted molar refractivity (Wildman–Crippen MR) is 55.4 cm³/mol. The van der Waals surface area contributed by atoms with Crippen molar-refractivity contribution >= 4 is 17.3 Å². The Morgan fingerprint density at radius 2 is 2.20 bits per heavy atom. The van der Waals surface area contributed by atoms with Gasteiger partial charge in [-0.2, -0.15) is 5.26 Å². The quantitative estimate of drug-likeness (QED) is 0.798. The molecule has 0 radical (unpaired) electrons. The second kappa shape index (κ2) is 4.94. The number of hydrogen-bond acceptors (Lipinski definition) is 2. The minimum atomic E-state index is -2.42. The first-order chi connectivity index (χ1) is 7.04. The summed E-state index contributed by atoms with van der Waals surface area (Å²) in [6.45, 7) is -0.383. The third-order valence-corrected chi connectivity index (χ3v) is 2.20. The van der Waals surface area contributed by atoms with Crippen LogP contribution in [0.3, 0.4) is 0 Å². The summed E-state index contributed by atoms with van der Waals surface area (Å²) in [7, 11) is 1.53. The zero-order chi connectivity index (χ0) is 11.4. The highest BCUT2D eigenvalue weighted by atomic mass is 35.5. The average molecular weight is 231 g/mol. The molecule has 0 unspecified atom stereocenters. The van der Waals surface area contributed by atoms with Crippen LogP contribution in [-0.2, 0) is 0 Å². The molecule has 0 heterocycles. The second-order valence-electron chi connectivity index (χ2n) is 3.05. The van der Waals surface area contributed by atoms with Crippen molar-refractivity contribution in [2.75, 3.05) is 18.5 Å². The minimum absolute atomic E-state index is 0.303. The lowest BCUT2D eigenvalue weighted by molar-refractivity contribution is 0.156. The smallest absolute Gasteiger partial charge is 0.255 e. The van der Waals surface area contributed by atoms with Gasteiger partial charge in [-0.05, 0) is 18.2 Å². The van der Waals surface area contributed by atoms with Crippen molar-refractivity contribution < 1.29 is 8.78 Å². The highest BCUT2D eigenvalue weighted by molar-refractivity contribution is 6.33. The van der Waals surface area contributed by atoms with Crippen LogP contribution in [-0.4, -0.2) is 20.0 Å². The first-order valence-corrected chi connectivity index (χ1v) is 4.61. The summed E-state index contributed by atoms with van der Waals surface area (Å²) in [5.74, 6) is 0. The molecule has 0 fully saturated rings. The summed E-state index contributed by atoms with van der Waals surface area (Å²) in [5, 5.41) is 8.90. The van der Waals surface area contributed by atoms with Crippen LogP contribution >= 0.6 is 11.6 Å². The van der Waals surface area contributed by atoms with Crippen LogP contribution in [0.2, 0.25) is 5.02 Å². The largest absolute Gasteiger partial charge is 0.368 e. The van der Waals surface area contributed by atoms with Crippen molar-refractivity contribution in [1.82, 2.24) is 0 Å². The zero-order valence-electron chi connectivity index (χ0n) is 8.04. The maximum atomic E-state index is 12.1. The van der Waals surface area contributed by atoms with Gasteiger partial charge in [-0.15, -0.1) is 0 Å². The van der Waals surface area contributed by atoms with E-state index in [-0.39, 0.29) is 6.54 Å². The molecule has 5 heteroatoms. The van der Waals surface area contributed by atoms with Gasteiger partial charge in [0.1, 0.15) is 0 Å². The maximum Gasteiger partial charge on any atom is 0.255 e. The van der Waals surface area contributed by atoms with Gasteiger partial charge in [-0.25, -0.2) is 8.78 Å². The third kappa shape index (κ3) is 3.07. The molecule has 0 atom stereocenters. The van der Waals surface area contributed by atoms with Gasteiger partial charge < -0.3 is 4.90 Å². The molecule has 1 aromatic rings. The van der Waals surface area contributed by atoms with Crippen molar-refractivity contribution in [3.05, 3.63) is 28.8 Å². The Morgan fingerprint density at radius 1 is 1.53 bits per heavy atom. The van der Waals surface area contributed by atoms with Crippen LogP contribution in [0, 0.1) is 11.3 Å². The lowest BCUT2D eigenvalue weighted by Gasteiger charge is -2.19. The van der Waals surface area contributed by atoms with Gasteiger partial charge in [0, 0.05) is 7.05 Å². The minimum Gasteiger partial charge on any atom is -0.368 e. The summed E-state index contributed by atoms with van der Waals surface area (Å²) in [4.78, 5) is 1.36. The molecule has 0 aliphatic carbocycles. The highest BCUT2D eigenvalue weighted by Gasteiger charge is 2.11. The lowest BCUT2D eigenvalue weighted by atomic mass is 10.2. The van der Waals surface area contributed by atoms with Gasteiger partial charge in [-0.3, -0.25) is 0 Å². The molecule has 15 heavy (non-hydrogen) atoms. The molecule has 0 aliphatic heterocycles. The fraction of sp³-hybridized carbons (Fsp3) is 0.300. The molecule has 0 saturated carbocycles. The first kappa shape index (κ1) is 11.7. The van der Waals surface area contributed by atoms with Crippen molar-refractivity contribution in [3.63, 3.8) is 0 Å². The van der Waals surface area contributed by atoms with Gasteiger partial charge in [0.15, 0.2) is 0 Å². The number of hydrogen-bond donors (Lipinski definition) is 0. The summed E-state index contributed by atoms with van der Waals surface area (Å²) in [6.07, 6.45) is -2.42. The molecule has 0 aromatic heterocycles. The fourth-order valence-corrected chi connectivity index (χ4v) is 1.52. The Morgan fingerprint density at radius 3 is 2.67 bits per heavy atom. The molecular formula is C10H9ClF2N2. The number of nitrogens with zero attached hydrogens (tertiary/aromatic N) is 2. The summed E-state index contributed by atoms with van der Waals surface area (Å²) < 4.78 is 24.2. The molecule has 1 aromatic carbocycles. The van der Waals surface area contributed by atoms with Crippen molar-refractivity contribution in [1.29, 1.82) is 5.26 Å². The van der Waals surface area contributed by atoms with E-state index in [2.05, 4.69) is 0 Å². The SMILES string of the molecule is CN(CC(F)F)c1ccc(C#N)cc1Cl. The molecule has 0 N–H and O–H groups in total. The topological polar surface area (TPSA) is 27.0 Å². The van der Waals surface area contributed by atoms with Gasteiger partial charge in [-0.1, -0.05) is 11.6 Å². The van der Waals surface area contributed by atoms with E-state index in [0.717, 1.165) is 0 Å². The summed E-state index contributed by atoms with van der Waals surface area (Å²) in [5.41, 5.74) is 0.908. The number of nitriles is 1. The second-order valence-corrected chi connectivity index (χ2v) is 3.46. The maximum absolute atomic E-state index is 12.1. The van der Waals surface area contributed by atoms with Crippen molar-refractivity contribution in [2.24, 2.45) is 0 Å². The van der Waals surface area contributed by atoms with Gasteiger partial charge in [0.05, 0.1) is 28.9 Å². The Balaban J connectivity index is 2.91. The molecule has 80 valence electrons. The molecule has 0 aliphatic rings. The lowest BCUT2D eigenvalue weighted by Crippen LogP contribution is -2.24. The molecule has 1 rings (SSSR count). The number of halogens is 3. The molecular weight excluding hydrogens is 222 g/mol. The molecule has 2 nitrogen and oxygen atoms in total. The third-order valence-electron chi connectivity index (χ3n) is 1.90. The van der Waals surface area contributed by atoms with Crippen LogP contribution in [0.15, 0.2) is 18.2 Å². The number of anilines is 1. The fourth-order valence-electron chi connectivity index (χ4n) is 1.19. The molecule has 0 saturated heterocycles. The van der Waals surface area contributed by atoms with Crippen LogP contribution in [0.1, 0.15) is 5.56 Å². The number of rotatable bonds is 3. The van der Waals surface area contributed by atoms with Gasteiger partial charge >= 0.3 is 0 Å². The van der Waals surface area contributed by atoms with E-state index in [9.17, 15) is 8.78 Å². The van der Waals surface area contributed by atoms with Gasteiger partial charge in [0.25, 0.3) is 6.43 Å². The Hall–Kier alpha value is -1.34. The molecule has 0 spiro atoms. The van der Waals surface area contributed by atoms with Crippen LogP contribution in [0.25, 0.3) is 0 Å². The summed E-state index contributed by atoms with van der Waals surface area (Å²) in [6, 6.07) is 6.48. The van der Waals surface area contributed by atoms with E-state index in [4.69, 9.17) is 16.9 Å². The van der Waals surface area contributed by atoms with E-state index in [1.807, 2.05) is 6.07 Å². The number of alkyl halides is 2. The zero-order valence-corrected chi connectivity index (χ0v) is 8.80. The Bertz CT molecular complexity index is 387. The van der Waals surface area contributed by atoms with Gasteiger partial charge in [0.2, 0.25) is 0 Å². The van der Waals surface area contributed by atoms with Crippen LogP contribution < -0.4 is 4.90 Å². The molecule has 0 bridgehead atoms. The van der Waals surface area contributed by atoms with Crippen LogP contribution in [0.5, 0.6) is 0 Å². The van der Waals surface area contributed by atoms with E-state index in [1.54, 1.807) is 12.1 Å². The Kier molecular flexibility index (Phi) is 3.87. The monoisotopic (exact) mass is 230 g/mol. The van der Waals surface area contributed by atoms with Crippen molar-refractivity contribution in [2.45, 2.75) is 6.43 Å². The predicted octanol–water partition coefficient (Wildman–Crippen LogP) is 2.91. The average Bonchev–Trinajstić information content (AvgIpc) is 2.16. The van der Waals surface area contributed by atoms with E-state index in [1.165, 1.54) is 18.0 Å². The first-order valence-electron chi connectivity index (χ1n) is 4.23. The standard InChI is InChI=1S/C10H9ClF2N2/c1-15(6-10(12)13)9-3-2-7(5-14)4-8(9)11/h2-4,10H,6H2,1H3. The van der Waals surface area contributed by atoms with E-state index >= 15 is 0 Å². The van der Waals surface area contributed by atoms with E-state index < -0.39 is 6.43 Å².